The lowest BCUT2D eigenvalue weighted by molar-refractivity contribution is 0.437. The number of nitrogens with zero attached hydrogens (tertiary/aromatic N) is 3. The molecule has 0 bridgehead atoms. The fourth-order valence-electron chi connectivity index (χ4n) is 8.64. The molecule has 252 valence electrons. The van der Waals surface area contributed by atoms with Gasteiger partial charge < -0.3 is 4.74 Å². The Hall–Kier alpha value is -6.65. The highest BCUT2D eigenvalue weighted by Crippen LogP contribution is 2.63. The van der Waals surface area contributed by atoms with Crippen molar-refractivity contribution in [3.05, 3.63) is 197 Å². The summed E-state index contributed by atoms with van der Waals surface area (Å²) in [7, 11) is 0. The van der Waals surface area contributed by atoms with Crippen molar-refractivity contribution in [2.75, 3.05) is 0 Å². The molecule has 0 N–H and O–H groups in total. The molecule has 0 saturated carbocycles. The molecule has 10 rings (SSSR count). The van der Waals surface area contributed by atoms with Crippen molar-refractivity contribution >= 4 is 0 Å². The van der Waals surface area contributed by atoms with Crippen LogP contribution in [0.5, 0.6) is 11.5 Å². The number of fused-ring (bicyclic) bond motifs is 9. The molecule has 0 amide bonds. The van der Waals surface area contributed by atoms with Crippen LogP contribution in [0.15, 0.2) is 158 Å². The van der Waals surface area contributed by atoms with Gasteiger partial charge in [0.05, 0.1) is 11.0 Å². The summed E-state index contributed by atoms with van der Waals surface area (Å²) in [6.45, 7) is 6.08. The lowest BCUT2D eigenvalue weighted by atomic mass is 9.65. The predicted molar refractivity (Wildman–Crippen MR) is 213 cm³/mol. The molecule has 1 aliphatic carbocycles. The predicted octanol–water partition coefficient (Wildman–Crippen LogP) is 11.9. The molecule has 1 unspecified atom stereocenters. The van der Waals surface area contributed by atoms with Crippen molar-refractivity contribution in [1.29, 1.82) is 0 Å². The van der Waals surface area contributed by atoms with E-state index in [1.807, 2.05) is 26.1 Å². The molecule has 8 aromatic rings. The Morgan fingerprint density at radius 2 is 1.06 bits per heavy atom. The topological polar surface area (TPSA) is 47.9 Å². The zero-order valence-corrected chi connectivity index (χ0v) is 29.8. The van der Waals surface area contributed by atoms with E-state index in [9.17, 15) is 0 Å². The highest BCUT2D eigenvalue weighted by Gasteiger charge is 2.51. The van der Waals surface area contributed by atoms with Gasteiger partial charge in [-0.15, -0.1) is 0 Å². The van der Waals surface area contributed by atoms with Crippen LogP contribution < -0.4 is 4.74 Å². The second-order valence-electron chi connectivity index (χ2n) is 14.1. The maximum Gasteiger partial charge on any atom is 0.163 e. The Balaban J connectivity index is 1.17. The second kappa shape index (κ2) is 12.0. The molecule has 1 spiro atoms. The van der Waals surface area contributed by atoms with Gasteiger partial charge in [0, 0.05) is 40.0 Å². The first kappa shape index (κ1) is 31.1. The van der Waals surface area contributed by atoms with Crippen molar-refractivity contribution in [2.45, 2.75) is 26.2 Å². The van der Waals surface area contributed by atoms with E-state index < -0.39 is 5.41 Å². The van der Waals surface area contributed by atoms with Crippen LogP contribution in [0.3, 0.4) is 0 Å². The number of para-hydroxylation sites is 2. The minimum Gasteiger partial charge on any atom is -0.456 e. The van der Waals surface area contributed by atoms with Crippen LogP contribution in [0.2, 0.25) is 0 Å². The quantitative estimate of drug-likeness (QED) is 0.185. The minimum absolute atomic E-state index is 0.594. The van der Waals surface area contributed by atoms with E-state index in [4.69, 9.17) is 19.7 Å². The molecule has 6 aromatic carbocycles. The third kappa shape index (κ3) is 4.79. The van der Waals surface area contributed by atoms with Gasteiger partial charge in [0.2, 0.25) is 0 Å². The van der Waals surface area contributed by atoms with E-state index in [0.29, 0.717) is 5.82 Å². The number of hydrogen-bond acceptors (Lipinski definition) is 4. The molecule has 0 fully saturated rings. The Kier molecular flexibility index (Phi) is 7.02. The maximum absolute atomic E-state index is 6.87. The highest BCUT2D eigenvalue weighted by atomic mass is 16.5. The summed E-state index contributed by atoms with van der Waals surface area (Å²) in [6.07, 6.45) is 2.01. The molecular formula is C49H35N3O. The number of hydrogen-bond donors (Lipinski definition) is 0. The van der Waals surface area contributed by atoms with Crippen molar-refractivity contribution < 1.29 is 4.74 Å². The molecule has 0 radical (unpaired) electrons. The standard InChI is InChI=1S/C49H35N3O/c1-30-26-39(33-13-5-4-6-14-33)41(29-50-30)36-16-11-15-34(27-36)35-23-24-43-40(28-35)37-17-7-8-19-42(37)49(43)44-20-9-10-22-46(44)53-47-38(18-12-21-45(47)49)48-51-31(2)25-32(3)52-48/h4-29H,1-3H3. The summed E-state index contributed by atoms with van der Waals surface area (Å²) in [5, 5.41) is 0. The van der Waals surface area contributed by atoms with E-state index in [1.54, 1.807) is 0 Å². The summed E-state index contributed by atoms with van der Waals surface area (Å²) in [6, 6.07) is 54.4. The average Bonchev–Trinajstić information content (AvgIpc) is 3.48. The van der Waals surface area contributed by atoms with Crippen LogP contribution in [-0.4, -0.2) is 15.0 Å². The van der Waals surface area contributed by atoms with Gasteiger partial charge in [-0.1, -0.05) is 115 Å². The zero-order chi connectivity index (χ0) is 35.7. The molecular weight excluding hydrogens is 647 g/mol. The zero-order valence-electron chi connectivity index (χ0n) is 29.8. The summed E-state index contributed by atoms with van der Waals surface area (Å²) >= 11 is 0. The fourth-order valence-corrected chi connectivity index (χ4v) is 8.64. The van der Waals surface area contributed by atoms with Crippen molar-refractivity contribution in [3.8, 4) is 67.4 Å². The average molecular weight is 682 g/mol. The number of rotatable bonds is 4. The smallest absolute Gasteiger partial charge is 0.163 e. The lowest BCUT2D eigenvalue weighted by Gasteiger charge is -2.40. The first-order valence-electron chi connectivity index (χ1n) is 18.1. The molecule has 0 saturated heterocycles. The van der Waals surface area contributed by atoms with Crippen LogP contribution >= 0.6 is 0 Å². The molecule has 1 aliphatic heterocycles. The van der Waals surface area contributed by atoms with Crippen molar-refractivity contribution in [3.63, 3.8) is 0 Å². The summed E-state index contributed by atoms with van der Waals surface area (Å²) in [5.41, 5.74) is 17.3. The van der Waals surface area contributed by atoms with E-state index in [1.165, 1.54) is 33.4 Å². The summed E-state index contributed by atoms with van der Waals surface area (Å²) in [4.78, 5) is 14.5. The summed E-state index contributed by atoms with van der Waals surface area (Å²) < 4.78 is 6.87. The van der Waals surface area contributed by atoms with Gasteiger partial charge in [-0.3, -0.25) is 4.98 Å². The lowest BCUT2D eigenvalue weighted by Crippen LogP contribution is -2.32. The van der Waals surface area contributed by atoms with Gasteiger partial charge >= 0.3 is 0 Å². The summed E-state index contributed by atoms with van der Waals surface area (Å²) in [5.74, 6) is 2.32. The normalized spacial score (nSPS) is 14.9. The van der Waals surface area contributed by atoms with Crippen LogP contribution in [-0.2, 0) is 5.41 Å². The van der Waals surface area contributed by atoms with Gasteiger partial charge in [0.1, 0.15) is 11.5 Å². The van der Waals surface area contributed by atoms with Crippen molar-refractivity contribution in [2.24, 2.45) is 0 Å². The Bertz CT molecular complexity index is 2730. The number of ether oxygens (including phenoxy) is 1. The third-order valence-electron chi connectivity index (χ3n) is 10.8. The molecule has 53 heavy (non-hydrogen) atoms. The fraction of sp³-hybridized carbons (Fsp3) is 0.0816. The third-order valence-corrected chi connectivity index (χ3v) is 10.8. The monoisotopic (exact) mass is 681 g/mol. The van der Waals surface area contributed by atoms with Crippen LogP contribution in [0.1, 0.15) is 39.3 Å². The van der Waals surface area contributed by atoms with Gasteiger partial charge in [-0.2, -0.15) is 0 Å². The van der Waals surface area contributed by atoms with Gasteiger partial charge in [-0.25, -0.2) is 9.97 Å². The largest absolute Gasteiger partial charge is 0.456 e. The molecule has 1 atom stereocenters. The van der Waals surface area contributed by atoms with E-state index >= 15 is 0 Å². The second-order valence-corrected chi connectivity index (χ2v) is 14.1. The Labute approximate surface area is 309 Å². The van der Waals surface area contributed by atoms with Gasteiger partial charge in [0.25, 0.3) is 0 Å². The number of pyridine rings is 1. The van der Waals surface area contributed by atoms with Crippen LogP contribution in [0.4, 0.5) is 0 Å². The first-order valence-corrected chi connectivity index (χ1v) is 18.1. The van der Waals surface area contributed by atoms with Crippen LogP contribution in [0, 0.1) is 20.8 Å². The molecule has 4 heteroatoms. The van der Waals surface area contributed by atoms with Gasteiger partial charge in [0.15, 0.2) is 5.82 Å². The number of benzene rings is 6. The van der Waals surface area contributed by atoms with E-state index in [2.05, 4.69) is 153 Å². The Morgan fingerprint density at radius 1 is 0.415 bits per heavy atom. The molecule has 2 aliphatic rings. The molecule has 4 nitrogen and oxygen atoms in total. The van der Waals surface area contributed by atoms with E-state index in [0.717, 1.165) is 67.5 Å². The SMILES string of the molecule is Cc1cc(-c2ccccc2)c(-c2cccc(-c3ccc4c(c3)-c3ccccc3C43c4ccccc4Oc4c(-c5nc(C)cc(C)n5)cccc43)c2)cn1. The first-order chi connectivity index (χ1) is 26.0. The Morgan fingerprint density at radius 3 is 1.91 bits per heavy atom. The van der Waals surface area contributed by atoms with E-state index in [-0.39, 0.29) is 0 Å². The highest BCUT2D eigenvalue weighted by molar-refractivity contribution is 5.92. The number of aromatic nitrogens is 3. The number of aryl methyl sites for hydroxylation is 3. The molecule has 3 heterocycles. The minimum atomic E-state index is -0.594. The maximum atomic E-state index is 6.87. The van der Waals surface area contributed by atoms with Gasteiger partial charge in [-0.05, 0) is 107 Å². The molecule has 2 aromatic heterocycles. The van der Waals surface area contributed by atoms with Crippen LogP contribution in [0.25, 0.3) is 55.9 Å². The van der Waals surface area contributed by atoms with Crippen molar-refractivity contribution in [1.82, 2.24) is 15.0 Å².